The lowest BCUT2D eigenvalue weighted by molar-refractivity contribution is 0.918. The average Bonchev–Trinajstić information content (AvgIpc) is 3.76. The number of benzene rings is 9. The van der Waals surface area contributed by atoms with Crippen molar-refractivity contribution in [2.24, 2.45) is 0 Å². The minimum absolute atomic E-state index is 0.614. The predicted molar refractivity (Wildman–Crippen MR) is 250 cm³/mol. The molecule has 0 saturated heterocycles. The molecule has 0 saturated carbocycles. The van der Waals surface area contributed by atoms with Gasteiger partial charge < -0.3 is 0 Å². The molecule has 0 spiro atoms. The Morgan fingerprint density at radius 3 is 1.39 bits per heavy atom. The molecule has 286 valence electrons. The second kappa shape index (κ2) is 15.5. The molecule has 5 heteroatoms. The van der Waals surface area contributed by atoms with Crippen LogP contribution in [0.3, 0.4) is 0 Å². The van der Waals surface area contributed by atoms with Gasteiger partial charge in [-0.25, -0.2) is 19.6 Å². The van der Waals surface area contributed by atoms with Crippen LogP contribution >= 0.6 is 0 Å². The largest absolute Gasteiger partial charge is 0.232 e. The summed E-state index contributed by atoms with van der Waals surface area (Å²) in [6.07, 6.45) is 0. The zero-order valence-corrected chi connectivity index (χ0v) is 33.1. The molecule has 0 amide bonds. The van der Waals surface area contributed by atoms with Crippen LogP contribution < -0.4 is 0 Å². The van der Waals surface area contributed by atoms with Crippen LogP contribution in [-0.4, -0.2) is 24.7 Å². The zero-order valence-electron chi connectivity index (χ0n) is 33.1. The Morgan fingerprint density at radius 1 is 0.295 bits per heavy atom. The summed E-state index contributed by atoms with van der Waals surface area (Å²) < 4.78 is 2.13. The van der Waals surface area contributed by atoms with Crippen molar-refractivity contribution in [3.63, 3.8) is 0 Å². The minimum Gasteiger partial charge on any atom is -0.232 e. The van der Waals surface area contributed by atoms with E-state index in [0.717, 1.165) is 88.7 Å². The van der Waals surface area contributed by atoms with Crippen LogP contribution in [0.25, 0.3) is 106 Å². The van der Waals surface area contributed by atoms with Crippen molar-refractivity contribution in [2.45, 2.75) is 0 Å². The molecule has 11 aromatic rings. The molecular weight excluding hydrogens is 743 g/mol. The minimum atomic E-state index is 0.614. The number of fused-ring (bicyclic) bond motifs is 3. The molecule has 0 N–H and O–H groups in total. The van der Waals surface area contributed by atoms with E-state index < -0.39 is 0 Å². The van der Waals surface area contributed by atoms with E-state index in [1.165, 1.54) is 0 Å². The van der Waals surface area contributed by atoms with Crippen molar-refractivity contribution in [2.75, 3.05) is 0 Å². The maximum Gasteiger partial charge on any atom is 0.164 e. The van der Waals surface area contributed by atoms with Gasteiger partial charge in [-0.15, -0.1) is 0 Å². The second-order valence-corrected chi connectivity index (χ2v) is 15.1. The molecule has 0 aliphatic rings. The van der Waals surface area contributed by atoms with Crippen molar-refractivity contribution in [1.29, 1.82) is 0 Å². The van der Waals surface area contributed by atoms with Gasteiger partial charge in [-0.2, -0.15) is 5.10 Å². The molecular formula is C56H37N5. The summed E-state index contributed by atoms with van der Waals surface area (Å²) in [6.45, 7) is 0. The molecule has 5 nitrogen and oxygen atoms in total. The fourth-order valence-electron chi connectivity index (χ4n) is 8.34. The number of para-hydroxylation sites is 1. The smallest absolute Gasteiger partial charge is 0.164 e. The number of hydrogen-bond acceptors (Lipinski definition) is 4. The highest BCUT2D eigenvalue weighted by molar-refractivity contribution is 6.21. The number of rotatable bonds is 8. The van der Waals surface area contributed by atoms with Gasteiger partial charge in [0.05, 0.1) is 11.2 Å². The molecule has 9 aromatic carbocycles. The van der Waals surface area contributed by atoms with Gasteiger partial charge in [-0.3, -0.25) is 0 Å². The Hall–Kier alpha value is -8.28. The predicted octanol–water partition coefficient (Wildman–Crippen LogP) is 14.0. The summed E-state index contributed by atoms with van der Waals surface area (Å²) >= 11 is 0. The highest BCUT2D eigenvalue weighted by atomic mass is 15.3. The summed E-state index contributed by atoms with van der Waals surface area (Å²) in [6, 6.07) is 78.1. The van der Waals surface area contributed by atoms with Gasteiger partial charge >= 0.3 is 0 Å². The van der Waals surface area contributed by atoms with Crippen molar-refractivity contribution in [3.8, 4) is 84.5 Å². The lowest BCUT2D eigenvalue weighted by Crippen LogP contribution is -2.00. The van der Waals surface area contributed by atoms with Crippen LogP contribution in [0.15, 0.2) is 224 Å². The van der Waals surface area contributed by atoms with Gasteiger partial charge in [0.1, 0.15) is 5.69 Å². The molecule has 0 radical (unpaired) electrons. The van der Waals surface area contributed by atoms with Crippen LogP contribution in [-0.2, 0) is 0 Å². The van der Waals surface area contributed by atoms with Gasteiger partial charge in [-0.1, -0.05) is 200 Å². The Kier molecular flexibility index (Phi) is 9.10. The van der Waals surface area contributed by atoms with E-state index >= 15 is 0 Å². The van der Waals surface area contributed by atoms with Crippen molar-refractivity contribution in [3.05, 3.63) is 224 Å². The molecule has 2 heterocycles. The first-order chi connectivity index (χ1) is 30.2. The number of nitrogens with zero attached hydrogens (tertiary/aromatic N) is 5. The first-order valence-corrected chi connectivity index (χ1v) is 20.5. The summed E-state index contributed by atoms with van der Waals surface area (Å²) in [4.78, 5) is 15.2. The lowest BCUT2D eigenvalue weighted by atomic mass is 9.90. The second-order valence-electron chi connectivity index (χ2n) is 15.1. The van der Waals surface area contributed by atoms with E-state index in [1.54, 1.807) is 0 Å². The molecule has 0 aliphatic carbocycles. The molecule has 0 aliphatic heterocycles. The Morgan fingerprint density at radius 2 is 0.754 bits per heavy atom. The summed E-state index contributed by atoms with van der Waals surface area (Å²) in [5, 5.41) is 8.82. The van der Waals surface area contributed by atoms with E-state index in [2.05, 4.69) is 187 Å². The van der Waals surface area contributed by atoms with Crippen molar-refractivity contribution < 1.29 is 0 Å². The van der Waals surface area contributed by atoms with E-state index in [4.69, 9.17) is 20.1 Å². The topological polar surface area (TPSA) is 56.5 Å². The third kappa shape index (κ3) is 6.74. The van der Waals surface area contributed by atoms with E-state index in [0.29, 0.717) is 17.5 Å². The molecule has 0 fully saturated rings. The molecule has 0 bridgehead atoms. The summed E-state index contributed by atoms with van der Waals surface area (Å²) in [7, 11) is 0. The number of hydrogen-bond donors (Lipinski definition) is 0. The van der Waals surface area contributed by atoms with Crippen LogP contribution in [0.2, 0.25) is 0 Å². The highest BCUT2D eigenvalue weighted by Gasteiger charge is 2.23. The summed E-state index contributed by atoms with van der Waals surface area (Å²) in [5.41, 5.74) is 13.6. The normalized spacial score (nSPS) is 11.3. The Bertz CT molecular complexity index is 3310. The molecule has 0 atom stereocenters. The van der Waals surface area contributed by atoms with Crippen molar-refractivity contribution >= 4 is 21.7 Å². The lowest BCUT2D eigenvalue weighted by Gasteiger charge is -2.15. The molecule has 0 unspecified atom stereocenters. The maximum atomic E-state index is 5.44. The zero-order chi connectivity index (χ0) is 40.5. The van der Waals surface area contributed by atoms with Gasteiger partial charge in [0, 0.05) is 33.0 Å². The Labute approximate surface area is 354 Å². The molecule has 2 aromatic heterocycles. The SMILES string of the molecule is c1ccc(-c2cccc(-c3nc(-c4ccccc4)nc(-c4ccc(-c5cccc6cc(-c7ccccc7)c7c(-c8ccccc8)nn(-c8ccccc8)c7c56)cc4)n3)c2)cc1. The number of aromatic nitrogens is 5. The van der Waals surface area contributed by atoms with Gasteiger partial charge in [0.15, 0.2) is 17.5 Å². The highest BCUT2D eigenvalue weighted by Crippen LogP contribution is 2.44. The van der Waals surface area contributed by atoms with Crippen LogP contribution in [0.4, 0.5) is 0 Å². The maximum absolute atomic E-state index is 5.44. The van der Waals surface area contributed by atoms with Crippen LogP contribution in [0.1, 0.15) is 0 Å². The monoisotopic (exact) mass is 779 g/mol. The quantitative estimate of drug-likeness (QED) is 0.154. The standard InChI is InChI=1S/C56H37N5/c1-6-18-38(19-7-1)44-26-16-28-46(36-44)56-58-54(42-24-12-4-13-25-42)57-55(59-56)43-34-32-40(33-35-43)48-31-17-27-45-37-49(39-20-8-2-9-21-39)51-52(41-22-10-3-11-23-41)60-61(53(51)50(45)48)47-29-14-5-15-30-47/h1-37H. The van der Waals surface area contributed by atoms with E-state index in [-0.39, 0.29) is 0 Å². The molecule has 11 rings (SSSR count). The fourth-order valence-corrected chi connectivity index (χ4v) is 8.34. The van der Waals surface area contributed by atoms with Crippen molar-refractivity contribution in [1.82, 2.24) is 24.7 Å². The average molecular weight is 780 g/mol. The van der Waals surface area contributed by atoms with Gasteiger partial charge in [-0.05, 0) is 63.0 Å². The molecule has 61 heavy (non-hydrogen) atoms. The van der Waals surface area contributed by atoms with E-state index in [1.807, 2.05) is 42.5 Å². The third-order valence-corrected chi connectivity index (χ3v) is 11.3. The first-order valence-electron chi connectivity index (χ1n) is 20.5. The Balaban J connectivity index is 1.09. The van der Waals surface area contributed by atoms with Gasteiger partial charge in [0.2, 0.25) is 0 Å². The summed E-state index contributed by atoms with van der Waals surface area (Å²) in [5.74, 6) is 1.87. The fraction of sp³-hybridized carbons (Fsp3) is 0. The van der Waals surface area contributed by atoms with Crippen LogP contribution in [0.5, 0.6) is 0 Å². The van der Waals surface area contributed by atoms with E-state index in [9.17, 15) is 0 Å². The third-order valence-electron chi connectivity index (χ3n) is 11.3. The first kappa shape index (κ1) is 35.8. The van der Waals surface area contributed by atoms with Gasteiger partial charge in [0.25, 0.3) is 0 Å². The van der Waals surface area contributed by atoms with Crippen LogP contribution in [0, 0.1) is 0 Å².